The number of ether oxygens (including phenoxy) is 1. The molecule has 0 aromatic heterocycles. The summed E-state index contributed by atoms with van der Waals surface area (Å²) >= 11 is 0. The van der Waals surface area contributed by atoms with E-state index in [1.54, 1.807) is 24.3 Å². The van der Waals surface area contributed by atoms with E-state index in [-0.39, 0.29) is 11.8 Å². The van der Waals surface area contributed by atoms with E-state index in [0.717, 1.165) is 0 Å². The van der Waals surface area contributed by atoms with Gasteiger partial charge in [0.1, 0.15) is 0 Å². The second-order valence-corrected chi connectivity index (χ2v) is 4.17. The fourth-order valence-corrected chi connectivity index (χ4v) is 2.05. The largest absolute Gasteiger partial charge is 0.381 e. The minimum atomic E-state index is -0.174. The number of carbonyl (C=O) groups excluding carboxylic acids is 2. The first-order chi connectivity index (χ1) is 7.77. The predicted molar refractivity (Wildman–Crippen MR) is 56.1 cm³/mol. The lowest BCUT2D eigenvalue weighted by atomic mass is 10.1. The highest BCUT2D eigenvalue weighted by atomic mass is 16.5. The van der Waals surface area contributed by atoms with Crippen LogP contribution in [0.5, 0.6) is 0 Å². The Labute approximate surface area is 92.8 Å². The van der Waals surface area contributed by atoms with E-state index in [9.17, 15) is 9.59 Å². The summed E-state index contributed by atoms with van der Waals surface area (Å²) in [5, 5.41) is 0. The van der Waals surface area contributed by atoms with Gasteiger partial charge in [-0.3, -0.25) is 14.5 Å². The molecule has 4 nitrogen and oxygen atoms in total. The summed E-state index contributed by atoms with van der Waals surface area (Å²) in [6.45, 7) is 1.77. The molecular formula is C12H11NO3. The van der Waals surface area contributed by atoms with Gasteiger partial charge < -0.3 is 4.74 Å². The summed E-state index contributed by atoms with van der Waals surface area (Å²) in [7, 11) is 0. The molecule has 0 spiro atoms. The van der Waals surface area contributed by atoms with Crippen LogP contribution in [-0.2, 0) is 4.74 Å². The number of carbonyl (C=O) groups is 2. The molecule has 2 amide bonds. The van der Waals surface area contributed by atoms with Gasteiger partial charge in [-0.1, -0.05) is 12.1 Å². The second kappa shape index (κ2) is 3.42. The third-order valence-corrected chi connectivity index (χ3v) is 3.03. The molecule has 1 aromatic carbocycles. The first-order valence-electron chi connectivity index (χ1n) is 5.30. The number of fused-ring (bicyclic) bond motifs is 1. The molecule has 0 unspecified atom stereocenters. The first-order valence-corrected chi connectivity index (χ1v) is 5.30. The summed E-state index contributed by atoms with van der Waals surface area (Å²) in [6.07, 6.45) is 0. The predicted octanol–water partition coefficient (Wildman–Crippen LogP) is 0.929. The molecule has 2 aliphatic rings. The maximum absolute atomic E-state index is 11.9. The van der Waals surface area contributed by atoms with E-state index < -0.39 is 0 Å². The van der Waals surface area contributed by atoms with Crippen molar-refractivity contribution in [2.24, 2.45) is 5.92 Å². The molecule has 2 aliphatic heterocycles. The molecule has 0 saturated carbocycles. The van der Waals surface area contributed by atoms with Crippen molar-refractivity contribution in [3.05, 3.63) is 35.4 Å². The van der Waals surface area contributed by atoms with Gasteiger partial charge in [-0.2, -0.15) is 0 Å². The topological polar surface area (TPSA) is 46.6 Å². The third kappa shape index (κ3) is 1.27. The average Bonchev–Trinajstić information content (AvgIpc) is 2.48. The van der Waals surface area contributed by atoms with Crippen molar-refractivity contribution in [1.82, 2.24) is 4.90 Å². The highest BCUT2D eigenvalue weighted by Gasteiger charge is 2.37. The van der Waals surface area contributed by atoms with Gasteiger partial charge in [-0.25, -0.2) is 0 Å². The molecule has 1 fully saturated rings. The first kappa shape index (κ1) is 9.54. The summed E-state index contributed by atoms with van der Waals surface area (Å²) in [5.41, 5.74) is 1.04. The smallest absolute Gasteiger partial charge is 0.261 e. The molecule has 2 heterocycles. The molecule has 0 N–H and O–H groups in total. The summed E-state index contributed by atoms with van der Waals surface area (Å²) in [6, 6.07) is 6.96. The van der Waals surface area contributed by atoms with Crippen LogP contribution in [0.1, 0.15) is 20.7 Å². The van der Waals surface area contributed by atoms with Gasteiger partial charge in [0.2, 0.25) is 0 Å². The zero-order chi connectivity index (χ0) is 11.1. The maximum atomic E-state index is 11.9. The molecule has 0 aliphatic carbocycles. The number of nitrogens with zero attached hydrogens (tertiary/aromatic N) is 1. The molecule has 82 valence electrons. The van der Waals surface area contributed by atoms with E-state index >= 15 is 0 Å². The van der Waals surface area contributed by atoms with Gasteiger partial charge >= 0.3 is 0 Å². The lowest BCUT2D eigenvalue weighted by molar-refractivity contribution is -0.0403. The number of amides is 2. The Hall–Kier alpha value is -1.68. The number of imide groups is 1. The van der Waals surface area contributed by atoms with Gasteiger partial charge in [0, 0.05) is 12.5 Å². The number of rotatable bonds is 2. The van der Waals surface area contributed by atoms with Gasteiger partial charge in [0.05, 0.1) is 24.3 Å². The Kier molecular flexibility index (Phi) is 2.04. The van der Waals surface area contributed by atoms with Gasteiger partial charge in [0.15, 0.2) is 0 Å². The fourth-order valence-electron chi connectivity index (χ4n) is 2.05. The summed E-state index contributed by atoms with van der Waals surface area (Å²) in [4.78, 5) is 25.2. The Balaban J connectivity index is 1.88. The zero-order valence-corrected chi connectivity index (χ0v) is 8.68. The normalized spacial score (nSPS) is 19.9. The summed E-state index contributed by atoms with van der Waals surface area (Å²) in [5.74, 6) is -0.0396. The third-order valence-electron chi connectivity index (χ3n) is 3.03. The van der Waals surface area contributed by atoms with E-state index in [4.69, 9.17) is 4.74 Å². The van der Waals surface area contributed by atoms with Crippen molar-refractivity contribution in [3.63, 3.8) is 0 Å². The van der Waals surface area contributed by atoms with E-state index in [2.05, 4.69) is 0 Å². The maximum Gasteiger partial charge on any atom is 0.261 e. The van der Waals surface area contributed by atoms with Crippen LogP contribution in [0.25, 0.3) is 0 Å². The van der Waals surface area contributed by atoms with Crippen LogP contribution in [0.2, 0.25) is 0 Å². The molecule has 1 saturated heterocycles. The zero-order valence-electron chi connectivity index (χ0n) is 8.68. The Morgan fingerprint density at radius 2 is 1.69 bits per heavy atom. The van der Waals surface area contributed by atoms with Crippen LogP contribution in [0.4, 0.5) is 0 Å². The Morgan fingerprint density at radius 3 is 2.12 bits per heavy atom. The second-order valence-electron chi connectivity index (χ2n) is 4.17. The minimum absolute atomic E-state index is 0.174. The highest BCUT2D eigenvalue weighted by Crippen LogP contribution is 2.24. The fraction of sp³-hybridized carbons (Fsp3) is 0.333. The van der Waals surface area contributed by atoms with Crippen molar-refractivity contribution in [3.8, 4) is 0 Å². The molecular weight excluding hydrogens is 206 g/mol. The minimum Gasteiger partial charge on any atom is -0.381 e. The van der Waals surface area contributed by atoms with Crippen molar-refractivity contribution < 1.29 is 14.3 Å². The molecule has 3 rings (SSSR count). The lowest BCUT2D eigenvalue weighted by Crippen LogP contribution is -2.42. The average molecular weight is 217 g/mol. The van der Waals surface area contributed by atoms with Crippen LogP contribution < -0.4 is 0 Å². The molecule has 0 radical (unpaired) electrons. The van der Waals surface area contributed by atoms with Crippen molar-refractivity contribution in [2.45, 2.75) is 0 Å². The van der Waals surface area contributed by atoms with Crippen molar-refractivity contribution >= 4 is 11.8 Å². The van der Waals surface area contributed by atoms with Crippen LogP contribution in [0, 0.1) is 5.92 Å². The Morgan fingerprint density at radius 1 is 1.12 bits per heavy atom. The quantitative estimate of drug-likeness (QED) is 0.692. The lowest BCUT2D eigenvalue weighted by Gasteiger charge is -2.29. The monoisotopic (exact) mass is 217 g/mol. The number of hydrogen-bond donors (Lipinski definition) is 0. The van der Waals surface area contributed by atoms with Crippen LogP contribution >= 0.6 is 0 Å². The van der Waals surface area contributed by atoms with Crippen LogP contribution in [0.15, 0.2) is 24.3 Å². The standard InChI is InChI=1S/C12H11NO3/c14-11-9-3-1-2-4-10(9)12(15)13(11)5-8-6-16-7-8/h1-4,8H,5-7H2. The molecule has 4 heteroatoms. The summed E-state index contributed by atoms with van der Waals surface area (Å²) < 4.78 is 5.04. The van der Waals surface area contributed by atoms with E-state index in [0.29, 0.717) is 36.8 Å². The highest BCUT2D eigenvalue weighted by molar-refractivity contribution is 6.21. The van der Waals surface area contributed by atoms with E-state index in [1.807, 2.05) is 0 Å². The molecule has 0 atom stereocenters. The van der Waals surface area contributed by atoms with Gasteiger partial charge in [-0.05, 0) is 12.1 Å². The van der Waals surface area contributed by atoms with Crippen LogP contribution in [-0.4, -0.2) is 36.5 Å². The number of hydrogen-bond acceptors (Lipinski definition) is 3. The molecule has 16 heavy (non-hydrogen) atoms. The van der Waals surface area contributed by atoms with E-state index in [1.165, 1.54) is 4.90 Å². The van der Waals surface area contributed by atoms with Gasteiger partial charge in [0.25, 0.3) is 11.8 Å². The molecule has 0 bridgehead atoms. The Bertz CT molecular complexity index is 430. The van der Waals surface area contributed by atoms with Crippen LogP contribution in [0.3, 0.4) is 0 Å². The van der Waals surface area contributed by atoms with Crippen molar-refractivity contribution in [2.75, 3.05) is 19.8 Å². The number of benzene rings is 1. The molecule has 1 aromatic rings. The SMILES string of the molecule is O=C1c2ccccc2C(=O)N1CC1COC1. The van der Waals surface area contributed by atoms with Gasteiger partial charge in [-0.15, -0.1) is 0 Å². The van der Waals surface area contributed by atoms with Crippen molar-refractivity contribution in [1.29, 1.82) is 0 Å².